The van der Waals surface area contributed by atoms with Crippen LogP contribution in [0.5, 0.6) is 0 Å². The summed E-state index contributed by atoms with van der Waals surface area (Å²) in [4.78, 5) is 15.5. The van der Waals surface area contributed by atoms with Gasteiger partial charge in [-0.3, -0.25) is 15.1 Å². The van der Waals surface area contributed by atoms with E-state index in [1.807, 2.05) is 37.3 Å². The van der Waals surface area contributed by atoms with Crippen LogP contribution in [-0.2, 0) is 4.79 Å². The highest BCUT2D eigenvalue weighted by molar-refractivity contribution is 7.99. The Labute approximate surface area is 115 Å². The number of pyridine rings is 1. The fraction of sp³-hybridized carbons (Fsp3) is 0.286. The molecule has 2 unspecified atom stereocenters. The van der Waals surface area contributed by atoms with E-state index >= 15 is 0 Å². The molecule has 1 aliphatic rings. The summed E-state index contributed by atoms with van der Waals surface area (Å²) in [6.45, 7) is 1.96. The second-order valence-corrected chi connectivity index (χ2v) is 5.78. The van der Waals surface area contributed by atoms with Crippen LogP contribution >= 0.6 is 11.8 Å². The van der Waals surface area contributed by atoms with Crippen molar-refractivity contribution in [2.45, 2.75) is 18.3 Å². The minimum absolute atomic E-state index is 0.0210. The molecule has 0 saturated carbocycles. The van der Waals surface area contributed by atoms with Gasteiger partial charge in [0, 0.05) is 16.8 Å². The van der Waals surface area contributed by atoms with Crippen LogP contribution in [0, 0.1) is 6.92 Å². The molecule has 19 heavy (non-hydrogen) atoms. The van der Waals surface area contributed by atoms with Crippen molar-refractivity contribution >= 4 is 28.6 Å². The Balaban J connectivity index is 2.03. The van der Waals surface area contributed by atoms with E-state index in [4.69, 9.17) is 5.11 Å². The molecule has 1 aromatic carbocycles. The summed E-state index contributed by atoms with van der Waals surface area (Å²) in [5.41, 5.74) is 3.03. The number of carboxylic acids is 1. The number of para-hydroxylation sites is 1. The molecule has 2 aromatic rings. The number of fused-ring (bicyclic) bond motifs is 1. The molecule has 2 heterocycles. The lowest BCUT2D eigenvalue weighted by Gasteiger charge is -2.14. The van der Waals surface area contributed by atoms with Crippen molar-refractivity contribution in [3.63, 3.8) is 0 Å². The van der Waals surface area contributed by atoms with E-state index in [2.05, 4.69) is 10.3 Å². The zero-order valence-electron chi connectivity index (χ0n) is 10.5. The molecule has 0 radical (unpaired) electrons. The second-order valence-electron chi connectivity index (χ2n) is 4.64. The van der Waals surface area contributed by atoms with Crippen molar-refractivity contribution in [3.8, 4) is 0 Å². The number of thioether (sulfide) groups is 1. The highest BCUT2D eigenvalue weighted by atomic mass is 32.2. The lowest BCUT2D eigenvalue weighted by Crippen LogP contribution is -2.33. The van der Waals surface area contributed by atoms with Gasteiger partial charge in [-0.2, -0.15) is 0 Å². The molecular formula is C14H14N2O2S. The molecule has 1 aliphatic heterocycles. The van der Waals surface area contributed by atoms with Gasteiger partial charge in [0.1, 0.15) is 6.04 Å². The molecular weight excluding hydrogens is 260 g/mol. The van der Waals surface area contributed by atoms with Crippen LogP contribution in [0.3, 0.4) is 0 Å². The van der Waals surface area contributed by atoms with E-state index in [9.17, 15) is 4.79 Å². The molecule has 2 atom stereocenters. The molecule has 3 rings (SSSR count). The van der Waals surface area contributed by atoms with Crippen LogP contribution in [-0.4, -0.2) is 27.9 Å². The average molecular weight is 274 g/mol. The van der Waals surface area contributed by atoms with Gasteiger partial charge in [0.05, 0.1) is 10.9 Å². The first-order valence-electron chi connectivity index (χ1n) is 6.12. The van der Waals surface area contributed by atoms with E-state index < -0.39 is 12.0 Å². The quantitative estimate of drug-likeness (QED) is 0.880. The van der Waals surface area contributed by atoms with E-state index in [1.165, 1.54) is 0 Å². The first-order chi connectivity index (χ1) is 9.15. The van der Waals surface area contributed by atoms with E-state index in [1.54, 1.807) is 11.8 Å². The van der Waals surface area contributed by atoms with Crippen LogP contribution in [0.2, 0.25) is 0 Å². The van der Waals surface area contributed by atoms with Gasteiger partial charge in [-0.05, 0) is 24.6 Å². The number of nitrogens with zero attached hydrogens (tertiary/aromatic N) is 1. The number of nitrogens with one attached hydrogen (secondary N) is 1. The predicted molar refractivity (Wildman–Crippen MR) is 76.2 cm³/mol. The summed E-state index contributed by atoms with van der Waals surface area (Å²) in [5.74, 6) is -0.194. The molecule has 1 fully saturated rings. The maximum Gasteiger partial charge on any atom is 0.321 e. The average Bonchev–Trinajstić information content (AvgIpc) is 2.87. The van der Waals surface area contributed by atoms with Gasteiger partial charge in [0.25, 0.3) is 0 Å². The summed E-state index contributed by atoms with van der Waals surface area (Å²) < 4.78 is 0. The zero-order chi connectivity index (χ0) is 13.4. The number of hydrogen-bond acceptors (Lipinski definition) is 4. The SMILES string of the molecule is Cc1cc(C2NC(C(=O)O)CS2)c2ccccc2n1. The highest BCUT2D eigenvalue weighted by Crippen LogP contribution is 2.36. The predicted octanol–water partition coefficient (Wildman–Crippen LogP) is 2.33. The Morgan fingerprint density at radius 1 is 1.47 bits per heavy atom. The lowest BCUT2D eigenvalue weighted by molar-refractivity contribution is -0.138. The summed E-state index contributed by atoms with van der Waals surface area (Å²) in [5, 5.41) is 13.3. The number of aliphatic carboxylic acids is 1. The third kappa shape index (κ3) is 2.31. The van der Waals surface area contributed by atoms with Crippen LogP contribution in [0.4, 0.5) is 0 Å². The molecule has 4 nitrogen and oxygen atoms in total. The molecule has 0 amide bonds. The lowest BCUT2D eigenvalue weighted by atomic mass is 10.1. The summed E-state index contributed by atoms with van der Waals surface area (Å²) in [6.07, 6.45) is 0. The third-order valence-corrected chi connectivity index (χ3v) is 4.49. The summed E-state index contributed by atoms with van der Waals surface area (Å²) in [7, 11) is 0. The topological polar surface area (TPSA) is 62.2 Å². The van der Waals surface area contributed by atoms with Gasteiger partial charge >= 0.3 is 5.97 Å². The summed E-state index contributed by atoms with van der Waals surface area (Å²) in [6, 6.07) is 9.54. The van der Waals surface area contributed by atoms with Crippen LogP contribution in [0.25, 0.3) is 10.9 Å². The fourth-order valence-corrected chi connectivity index (χ4v) is 3.61. The monoisotopic (exact) mass is 274 g/mol. The van der Waals surface area contributed by atoms with Gasteiger partial charge in [-0.15, -0.1) is 11.8 Å². The molecule has 0 spiro atoms. The normalized spacial score (nSPS) is 22.8. The van der Waals surface area contributed by atoms with Crippen molar-refractivity contribution < 1.29 is 9.90 Å². The second kappa shape index (κ2) is 4.83. The van der Waals surface area contributed by atoms with Gasteiger partial charge in [0.2, 0.25) is 0 Å². The Bertz CT molecular complexity index is 644. The maximum absolute atomic E-state index is 11.0. The number of carbonyl (C=O) groups is 1. The van der Waals surface area contributed by atoms with E-state index in [0.29, 0.717) is 5.75 Å². The first-order valence-corrected chi connectivity index (χ1v) is 7.17. The Hall–Kier alpha value is -1.59. The molecule has 1 aromatic heterocycles. The van der Waals surface area contributed by atoms with Crippen LogP contribution < -0.4 is 5.32 Å². The van der Waals surface area contributed by atoms with Crippen molar-refractivity contribution in [1.82, 2.24) is 10.3 Å². The van der Waals surface area contributed by atoms with Gasteiger partial charge in [0.15, 0.2) is 0 Å². The van der Waals surface area contributed by atoms with Crippen molar-refractivity contribution in [2.75, 3.05) is 5.75 Å². The maximum atomic E-state index is 11.0. The zero-order valence-corrected chi connectivity index (χ0v) is 11.3. The molecule has 0 bridgehead atoms. The van der Waals surface area contributed by atoms with Gasteiger partial charge in [-0.25, -0.2) is 0 Å². The molecule has 0 aliphatic carbocycles. The first kappa shape index (κ1) is 12.4. The third-order valence-electron chi connectivity index (χ3n) is 3.24. The van der Waals surface area contributed by atoms with Crippen molar-refractivity contribution in [1.29, 1.82) is 0 Å². The minimum Gasteiger partial charge on any atom is -0.480 e. The largest absolute Gasteiger partial charge is 0.480 e. The van der Waals surface area contributed by atoms with Crippen molar-refractivity contribution in [3.05, 3.63) is 41.6 Å². The molecule has 5 heteroatoms. The Kier molecular flexibility index (Phi) is 3.16. The molecule has 2 N–H and O–H groups in total. The number of rotatable bonds is 2. The van der Waals surface area contributed by atoms with Gasteiger partial charge < -0.3 is 5.11 Å². The molecule has 1 saturated heterocycles. The van der Waals surface area contributed by atoms with Crippen LogP contribution in [0.15, 0.2) is 30.3 Å². The Morgan fingerprint density at radius 3 is 3.00 bits per heavy atom. The van der Waals surface area contributed by atoms with Gasteiger partial charge in [-0.1, -0.05) is 18.2 Å². The Morgan fingerprint density at radius 2 is 2.26 bits per heavy atom. The number of aryl methyl sites for hydroxylation is 1. The number of aromatic nitrogens is 1. The van der Waals surface area contributed by atoms with E-state index in [-0.39, 0.29) is 5.37 Å². The standard InChI is InChI=1S/C14H14N2O2S/c1-8-6-10(9-4-2-3-5-11(9)15-8)13-16-12(7-19-13)14(17)18/h2-6,12-13,16H,7H2,1H3,(H,17,18). The van der Waals surface area contributed by atoms with Crippen molar-refractivity contribution in [2.24, 2.45) is 0 Å². The highest BCUT2D eigenvalue weighted by Gasteiger charge is 2.31. The minimum atomic E-state index is -0.787. The summed E-state index contributed by atoms with van der Waals surface area (Å²) >= 11 is 1.64. The molecule has 98 valence electrons. The number of hydrogen-bond donors (Lipinski definition) is 2. The smallest absolute Gasteiger partial charge is 0.321 e. The fourth-order valence-electron chi connectivity index (χ4n) is 2.35. The van der Waals surface area contributed by atoms with E-state index in [0.717, 1.165) is 22.2 Å². The number of benzene rings is 1. The number of carboxylic acid groups (broad SMARTS) is 1. The van der Waals surface area contributed by atoms with Crippen LogP contribution in [0.1, 0.15) is 16.6 Å².